The van der Waals surface area contributed by atoms with Gasteiger partial charge in [-0.25, -0.2) is 4.79 Å². The lowest BCUT2D eigenvalue weighted by molar-refractivity contribution is -0.144. The predicted octanol–water partition coefficient (Wildman–Crippen LogP) is 0.855. The van der Waals surface area contributed by atoms with Gasteiger partial charge in [-0.1, -0.05) is 5.92 Å². The minimum absolute atomic E-state index is 0.668. The Balaban J connectivity index is 4.15. The van der Waals surface area contributed by atoms with Crippen molar-refractivity contribution in [3.8, 4) is 17.9 Å². The van der Waals surface area contributed by atoms with Gasteiger partial charge in [0.1, 0.15) is 6.07 Å². The molecule has 11 heavy (non-hydrogen) atoms. The first-order chi connectivity index (χ1) is 5.02. The molecule has 0 saturated heterocycles. The van der Waals surface area contributed by atoms with Crippen molar-refractivity contribution in [2.75, 3.05) is 0 Å². The molecule has 0 rings (SSSR count). The number of hydrogen-bond donors (Lipinski definition) is 0. The normalized spacial score (nSPS) is 8.91. The van der Waals surface area contributed by atoms with Crippen LogP contribution in [0, 0.1) is 23.2 Å². The van der Waals surface area contributed by atoms with Gasteiger partial charge in [-0.2, -0.15) is 5.26 Å². The van der Waals surface area contributed by atoms with Crippen LogP contribution in [0.3, 0.4) is 0 Å². The largest absolute Gasteiger partial charge is 0.435 e. The quantitative estimate of drug-likeness (QED) is 0.317. The fraction of sp³-hybridized carbons (Fsp3) is 0.500. The molecule has 0 bridgehead atoms. The van der Waals surface area contributed by atoms with Gasteiger partial charge >= 0.3 is 5.97 Å². The highest BCUT2D eigenvalue weighted by molar-refractivity contribution is 5.88. The maximum absolute atomic E-state index is 10.7. The molecule has 0 atom stereocenters. The highest BCUT2D eigenvalue weighted by atomic mass is 16.6. The van der Waals surface area contributed by atoms with Gasteiger partial charge < -0.3 is 4.74 Å². The minimum Gasteiger partial charge on any atom is -0.435 e. The van der Waals surface area contributed by atoms with E-state index in [1.165, 1.54) is 20.8 Å². The summed E-state index contributed by atoms with van der Waals surface area (Å²) in [7, 11) is 0. The standard InChI is InChI=1S/C8H9NO2/c1-4-5-7(10)11-8(2,3)6-9/h1-3H3. The summed E-state index contributed by atoms with van der Waals surface area (Å²) in [4.78, 5) is 10.7. The topological polar surface area (TPSA) is 50.1 Å². The maximum Gasteiger partial charge on any atom is 0.385 e. The molecule has 0 aliphatic carbocycles. The van der Waals surface area contributed by atoms with Gasteiger partial charge in [0.15, 0.2) is 5.60 Å². The molecule has 3 heteroatoms. The van der Waals surface area contributed by atoms with Gasteiger partial charge in [0.2, 0.25) is 0 Å². The van der Waals surface area contributed by atoms with Crippen molar-refractivity contribution in [3.05, 3.63) is 0 Å². The second-order valence-electron chi connectivity index (χ2n) is 2.39. The number of nitrogens with zero attached hydrogens (tertiary/aromatic N) is 1. The molecule has 0 heterocycles. The Labute approximate surface area is 66.0 Å². The van der Waals surface area contributed by atoms with Crippen LogP contribution in [0.15, 0.2) is 0 Å². The lowest BCUT2D eigenvalue weighted by atomic mass is 10.2. The second-order valence-corrected chi connectivity index (χ2v) is 2.39. The molecular weight excluding hydrogens is 142 g/mol. The monoisotopic (exact) mass is 151 g/mol. The second kappa shape index (κ2) is 3.63. The van der Waals surface area contributed by atoms with E-state index in [9.17, 15) is 4.79 Å². The molecule has 0 aliphatic rings. The van der Waals surface area contributed by atoms with E-state index in [0.29, 0.717) is 0 Å². The smallest absolute Gasteiger partial charge is 0.385 e. The van der Waals surface area contributed by atoms with E-state index in [4.69, 9.17) is 5.26 Å². The molecule has 58 valence electrons. The van der Waals surface area contributed by atoms with E-state index in [-0.39, 0.29) is 0 Å². The van der Waals surface area contributed by atoms with Crippen LogP contribution in [0.2, 0.25) is 0 Å². The fourth-order valence-corrected chi connectivity index (χ4v) is 0.382. The van der Waals surface area contributed by atoms with Crippen molar-refractivity contribution in [2.24, 2.45) is 0 Å². The van der Waals surface area contributed by atoms with Crippen LogP contribution in [0.5, 0.6) is 0 Å². The molecule has 0 amide bonds. The average Bonchev–Trinajstić information content (AvgIpc) is 1.87. The SMILES string of the molecule is CC#CC(=O)OC(C)(C)C#N. The Morgan fingerprint density at radius 1 is 1.55 bits per heavy atom. The molecule has 0 aromatic heterocycles. The highest BCUT2D eigenvalue weighted by Gasteiger charge is 2.20. The molecule has 0 aromatic rings. The Morgan fingerprint density at radius 3 is 2.45 bits per heavy atom. The number of carbonyl (C=O) groups is 1. The molecule has 3 nitrogen and oxygen atoms in total. The number of hydrogen-bond acceptors (Lipinski definition) is 3. The number of rotatable bonds is 1. The summed E-state index contributed by atoms with van der Waals surface area (Å²) < 4.78 is 4.65. The molecule has 0 saturated carbocycles. The first-order valence-electron chi connectivity index (χ1n) is 3.09. The van der Waals surface area contributed by atoms with Gasteiger partial charge in [-0.05, 0) is 20.8 Å². The van der Waals surface area contributed by atoms with E-state index >= 15 is 0 Å². The zero-order valence-corrected chi connectivity index (χ0v) is 6.76. The Morgan fingerprint density at radius 2 is 2.09 bits per heavy atom. The molecule has 0 spiro atoms. The lowest BCUT2D eigenvalue weighted by Gasteiger charge is -2.13. The number of nitriles is 1. The van der Waals surface area contributed by atoms with E-state index < -0.39 is 11.6 Å². The first kappa shape index (κ1) is 9.52. The van der Waals surface area contributed by atoms with Crippen LogP contribution >= 0.6 is 0 Å². The van der Waals surface area contributed by atoms with Crippen molar-refractivity contribution in [3.63, 3.8) is 0 Å². The van der Waals surface area contributed by atoms with Crippen LogP contribution in [0.4, 0.5) is 0 Å². The van der Waals surface area contributed by atoms with Crippen molar-refractivity contribution in [2.45, 2.75) is 26.4 Å². The third kappa shape index (κ3) is 4.00. The summed E-state index contributed by atoms with van der Waals surface area (Å²) in [6.07, 6.45) is 0. The van der Waals surface area contributed by atoms with Crippen LogP contribution < -0.4 is 0 Å². The van der Waals surface area contributed by atoms with Crippen LogP contribution in [-0.4, -0.2) is 11.6 Å². The molecule has 0 radical (unpaired) electrons. The first-order valence-corrected chi connectivity index (χ1v) is 3.09. The summed E-state index contributed by atoms with van der Waals surface area (Å²) in [5, 5.41) is 8.44. The van der Waals surface area contributed by atoms with Gasteiger partial charge in [0.25, 0.3) is 0 Å². The minimum atomic E-state index is -1.08. The summed E-state index contributed by atoms with van der Waals surface area (Å²) >= 11 is 0. The van der Waals surface area contributed by atoms with Gasteiger partial charge in [-0.15, -0.1) is 0 Å². The molecule has 0 fully saturated rings. The van der Waals surface area contributed by atoms with Crippen LogP contribution in [-0.2, 0) is 9.53 Å². The summed E-state index contributed by atoms with van der Waals surface area (Å²) in [6.45, 7) is 4.53. The van der Waals surface area contributed by atoms with Crippen molar-refractivity contribution in [1.82, 2.24) is 0 Å². The Hall–Kier alpha value is -1.48. The summed E-state index contributed by atoms with van der Waals surface area (Å²) in [6, 6.07) is 1.82. The molecule has 0 unspecified atom stereocenters. The number of ether oxygens (including phenoxy) is 1. The molecule has 0 N–H and O–H groups in total. The van der Waals surface area contributed by atoms with Crippen LogP contribution in [0.1, 0.15) is 20.8 Å². The lowest BCUT2D eigenvalue weighted by Crippen LogP contribution is -2.24. The molecule has 0 aliphatic heterocycles. The van der Waals surface area contributed by atoms with E-state index in [1.807, 2.05) is 6.07 Å². The summed E-state index contributed by atoms with van der Waals surface area (Å²) in [5.74, 6) is 3.89. The van der Waals surface area contributed by atoms with Gasteiger partial charge in [0.05, 0.1) is 0 Å². The van der Waals surface area contributed by atoms with Gasteiger partial charge in [-0.3, -0.25) is 0 Å². The Bertz CT molecular complexity index is 249. The van der Waals surface area contributed by atoms with E-state index in [0.717, 1.165) is 0 Å². The predicted molar refractivity (Wildman–Crippen MR) is 39.2 cm³/mol. The van der Waals surface area contributed by atoms with Crippen molar-refractivity contribution >= 4 is 5.97 Å². The van der Waals surface area contributed by atoms with Crippen molar-refractivity contribution < 1.29 is 9.53 Å². The maximum atomic E-state index is 10.7. The van der Waals surface area contributed by atoms with Crippen LogP contribution in [0.25, 0.3) is 0 Å². The fourth-order valence-electron chi connectivity index (χ4n) is 0.382. The Kier molecular flexibility index (Phi) is 3.14. The zero-order valence-electron chi connectivity index (χ0n) is 6.76. The number of esters is 1. The number of carbonyl (C=O) groups excluding carboxylic acids is 1. The average molecular weight is 151 g/mol. The molecule has 0 aromatic carbocycles. The zero-order chi connectivity index (χ0) is 8.91. The van der Waals surface area contributed by atoms with E-state index in [2.05, 4.69) is 16.6 Å². The summed E-state index contributed by atoms with van der Waals surface area (Å²) in [5.41, 5.74) is -1.08. The van der Waals surface area contributed by atoms with Gasteiger partial charge in [0, 0.05) is 5.92 Å². The van der Waals surface area contributed by atoms with Crippen molar-refractivity contribution in [1.29, 1.82) is 5.26 Å². The van der Waals surface area contributed by atoms with E-state index in [1.54, 1.807) is 0 Å². The highest BCUT2D eigenvalue weighted by Crippen LogP contribution is 2.06. The molecular formula is C8H9NO2. The third-order valence-electron chi connectivity index (χ3n) is 0.844. The third-order valence-corrected chi connectivity index (χ3v) is 0.844.